The van der Waals surface area contributed by atoms with Crippen LogP contribution in [0.3, 0.4) is 0 Å². The second-order valence-corrected chi connectivity index (χ2v) is 9.66. The number of carbonyl (C=O) groups excluding carboxylic acids is 1. The number of carboxylic acids is 1. The number of hydrogen-bond acceptors (Lipinski definition) is 6. The number of aromatic amines is 1. The maximum atomic E-state index is 12.6. The number of carbonyl (C=O) groups is 2. The van der Waals surface area contributed by atoms with Crippen molar-refractivity contribution in [3.8, 4) is 0 Å². The summed E-state index contributed by atoms with van der Waals surface area (Å²) >= 11 is 0. The van der Waals surface area contributed by atoms with Gasteiger partial charge < -0.3 is 14.6 Å². The van der Waals surface area contributed by atoms with E-state index in [9.17, 15) is 9.59 Å². The quantitative estimate of drug-likeness (QED) is 0.329. The van der Waals surface area contributed by atoms with Gasteiger partial charge in [0.2, 0.25) is 0 Å². The summed E-state index contributed by atoms with van der Waals surface area (Å²) in [5.41, 5.74) is 2.62. The second kappa shape index (κ2) is 18.1. The first kappa shape index (κ1) is 33.7. The predicted molar refractivity (Wildman–Crippen MR) is 168 cm³/mol. The van der Waals surface area contributed by atoms with Crippen LogP contribution >= 0.6 is 0 Å². The Balaban J connectivity index is 0.000000601. The van der Waals surface area contributed by atoms with Crippen molar-refractivity contribution in [3.63, 3.8) is 0 Å². The first-order valence-corrected chi connectivity index (χ1v) is 13.6. The van der Waals surface area contributed by atoms with E-state index in [-0.39, 0.29) is 11.7 Å². The fraction of sp³-hybridized carbons (Fsp3) is 0.303. The normalized spacial score (nSPS) is 16.1. The molecule has 0 atom stereocenters. The number of H-pyrrole nitrogens is 1. The van der Waals surface area contributed by atoms with Crippen molar-refractivity contribution in [3.05, 3.63) is 122 Å². The molecular weight excluding hydrogens is 532 g/mol. The summed E-state index contributed by atoms with van der Waals surface area (Å²) in [4.78, 5) is 27.6. The van der Waals surface area contributed by atoms with Crippen LogP contribution in [0.15, 0.2) is 105 Å². The molecule has 2 aliphatic heterocycles. The van der Waals surface area contributed by atoms with E-state index >= 15 is 0 Å². The average molecular weight is 575 g/mol. The Morgan fingerprint density at radius 3 is 2.21 bits per heavy atom. The Hall–Kier alpha value is -4.47. The molecule has 0 aliphatic carbocycles. The highest BCUT2D eigenvalue weighted by atomic mass is 16.6. The molecule has 2 N–H and O–H groups in total. The molecule has 1 aromatic carbocycles. The van der Waals surface area contributed by atoms with Gasteiger partial charge in [-0.15, -0.1) is 0 Å². The van der Waals surface area contributed by atoms with Crippen LogP contribution in [0.25, 0.3) is 0 Å². The van der Waals surface area contributed by atoms with Gasteiger partial charge in [-0.3, -0.25) is 14.9 Å². The van der Waals surface area contributed by atoms with Crippen molar-refractivity contribution < 1.29 is 24.2 Å². The number of benzene rings is 1. The van der Waals surface area contributed by atoms with Crippen LogP contribution < -0.4 is 4.90 Å². The van der Waals surface area contributed by atoms with Crippen LogP contribution in [0.2, 0.25) is 0 Å². The number of ether oxygens (including phenoxy) is 2. The molecule has 2 aliphatic rings. The van der Waals surface area contributed by atoms with Gasteiger partial charge in [0, 0.05) is 70.1 Å². The van der Waals surface area contributed by atoms with Crippen molar-refractivity contribution in [2.45, 2.75) is 31.4 Å². The summed E-state index contributed by atoms with van der Waals surface area (Å²) < 4.78 is 10.1. The third-order valence-corrected chi connectivity index (χ3v) is 6.56. The third kappa shape index (κ3) is 10.5. The summed E-state index contributed by atoms with van der Waals surface area (Å²) in [6.07, 6.45) is 20.5. The summed E-state index contributed by atoms with van der Waals surface area (Å²) in [5, 5.41) is 16.4. The molecule has 1 aromatic heterocycles. The van der Waals surface area contributed by atoms with Gasteiger partial charge >= 0.3 is 12.1 Å². The molecule has 0 saturated carbocycles. The Morgan fingerprint density at radius 1 is 1.05 bits per heavy atom. The van der Waals surface area contributed by atoms with Gasteiger partial charge in [0.05, 0.1) is 18.3 Å². The molecule has 3 heterocycles. The standard InChI is InChI=1S/C25H28N4O4.C6H8.C2H6O/c1-2-3-4-5-6-7-22-20(16-26-27-22)17-28-14-12-25(13-15-28)18-29(24(32)33-25)21-10-8-19(9-11-21)23(30)31;1-3-5-6-4-2;1-3-2/h2-6,8-11,16H,1,7,12-15,17-18H2,(H,26,27)(H,30,31);3-6H,1-2H2;1-2H3/b4-3-,6-5-;6-5-;. The highest BCUT2D eigenvalue weighted by molar-refractivity contribution is 5.92. The lowest BCUT2D eigenvalue weighted by atomic mass is 9.91. The topological polar surface area (TPSA) is 108 Å². The number of nitrogens with one attached hydrogen (secondary N) is 1. The minimum Gasteiger partial charge on any atom is -0.478 e. The van der Waals surface area contributed by atoms with E-state index in [2.05, 4.69) is 45.6 Å². The molecule has 9 nitrogen and oxygen atoms in total. The second-order valence-electron chi connectivity index (χ2n) is 9.66. The Bertz CT molecular complexity index is 1240. The van der Waals surface area contributed by atoms with Gasteiger partial charge in [0.15, 0.2) is 0 Å². The number of methoxy groups -OCH3 is 1. The molecular formula is C33H42N4O5. The molecule has 2 saturated heterocycles. The zero-order valence-corrected chi connectivity index (χ0v) is 24.6. The van der Waals surface area contributed by atoms with E-state index in [4.69, 9.17) is 9.84 Å². The highest BCUT2D eigenvalue weighted by Gasteiger charge is 2.47. The SMILES string of the molecule is C=C/C=C\C=C.C=C/C=C\C=C/Cc1[nH]ncc1CN1CCC2(CC1)CN(c1ccc(C(=O)O)cc1)C(=O)O2.COC. The van der Waals surface area contributed by atoms with Crippen LogP contribution in [0.5, 0.6) is 0 Å². The number of hydrogen-bond donors (Lipinski definition) is 2. The van der Waals surface area contributed by atoms with Gasteiger partial charge in [-0.05, 0) is 24.3 Å². The molecule has 42 heavy (non-hydrogen) atoms. The van der Waals surface area contributed by atoms with Crippen LogP contribution in [-0.2, 0) is 22.4 Å². The van der Waals surface area contributed by atoms with Gasteiger partial charge in [0.25, 0.3) is 0 Å². The first-order chi connectivity index (χ1) is 20.3. The largest absolute Gasteiger partial charge is 0.478 e. The van der Waals surface area contributed by atoms with Crippen LogP contribution in [-0.4, -0.2) is 71.7 Å². The molecule has 224 valence electrons. The number of anilines is 1. The van der Waals surface area contributed by atoms with E-state index in [0.717, 1.165) is 44.6 Å². The summed E-state index contributed by atoms with van der Waals surface area (Å²) in [5.74, 6) is -0.990. The summed E-state index contributed by atoms with van der Waals surface area (Å²) in [6, 6.07) is 6.32. The fourth-order valence-electron chi connectivity index (χ4n) is 4.44. The zero-order valence-electron chi connectivity index (χ0n) is 24.6. The molecule has 4 rings (SSSR count). The number of nitrogens with zero attached hydrogens (tertiary/aromatic N) is 3. The number of carboxylic acid groups (broad SMARTS) is 1. The van der Waals surface area contributed by atoms with Crippen LogP contribution in [0.4, 0.5) is 10.5 Å². The number of aromatic nitrogens is 2. The van der Waals surface area contributed by atoms with E-state index in [1.54, 1.807) is 49.5 Å². The van der Waals surface area contributed by atoms with Crippen molar-refractivity contribution in [2.24, 2.45) is 0 Å². The predicted octanol–water partition coefficient (Wildman–Crippen LogP) is 6.12. The Morgan fingerprint density at radius 2 is 1.64 bits per heavy atom. The van der Waals surface area contributed by atoms with Gasteiger partial charge in [0.1, 0.15) is 5.60 Å². The molecule has 0 unspecified atom stereocenters. The number of piperidine rings is 1. The number of likely N-dealkylation sites (tertiary alicyclic amines) is 1. The zero-order chi connectivity index (χ0) is 30.8. The van der Waals surface area contributed by atoms with Gasteiger partial charge in [-0.1, -0.05) is 74.4 Å². The molecule has 1 spiro atoms. The number of aromatic carboxylic acids is 1. The Kier molecular flexibility index (Phi) is 14.5. The maximum absolute atomic E-state index is 12.6. The summed E-state index contributed by atoms with van der Waals surface area (Å²) in [7, 11) is 3.25. The highest BCUT2D eigenvalue weighted by Crippen LogP contribution is 2.36. The minimum absolute atomic E-state index is 0.191. The van der Waals surface area contributed by atoms with Crippen LogP contribution in [0, 0.1) is 0 Å². The van der Waals surface area contributed by atoms with E-state index in [1.807, 2.05) is 36.6 Å². The smallest absolute Gasteiger partial charge is 0.415 e. The third-order valence-electron chi connectivity index (χ3n) is 6.56. The summed E-state index contributed by atoms with van der Waals surface area (Å²) in [6.45, 7) is 13.5. The molecule has 1 amide bonds. The Labute approximate surface area is 248 Å². The molecule has 2 aromatic rings. The first-order valence-electron chi connectivity index (χ1n) is 13.6. The van der Waals surface area contributed by atoms with Crippen molar-refractivity contribution in [1.82, 2.24) is 15.1 Å². The number of allylic oxidation sites excluding steroid dienone is 9. The molecule has 9 heteroatoms. The lowest BCUT2D eigenvalue weighted by molar-refractivity contribution is -0.00102. The average Bonchev–Trinajstić information content (AvgIpc) is 3.57. The number of amides is 1. The minimum atomic E-state index is -0.990. The van der Waals surface area contributed by atoms with Gasteiger partial charge in [-0.25, -0.2) is 9.59 Å². The molecule has 0 radical (unpaired) electrons. The number of rotatable bonds is 10. The fourth-order valence-corrected chi connectivity index (χ4v) is 4.44. The molecule has 2 fully saturated rings. The van der Waals surface area contributed by atoms with Crippen molar-refractivity contribution >= 4 is 17.7 Å². The van der Waals surface area contributed by atoms with Crippen LogP contribution in [0.1, 0.15) is 34.5 Å². The van der Waals surface area contributed by atoms with E-state index in [0.29, 0.717) is 12.2 Å². The van der Waals surface area contributed by atoms with Gasteiger partial charge in [-0.2, -0.15) is 5.10 Å². The van der Waals surface area contributed by atoms with Crippen molar-refractivity contribution in [1.29, 1.82) is 0 Å². The van der Waals surface area contributed by atoms with Crippen molar-refractivity contribution in [2.75, 3.05) is 38.8 Å². The molecule has 0 bridgehead atoms. The maximum Gasteiger partial charge on any atom is 0.415 e. The lowest BCUT2D eigenvalue weighted by Crippen LogP contribution is -2.46. The lowest BCUT2D eigenvalue weighted by Gasteiger charge is -2.37. The monoisotopic (exact) mass is 574 g/mol. The van der Waals surface area contributed by atoms with E-state index in [1.165, 1.54) is 17.7 Å². The van der Waals surface area contributed by atoms with E-state index < -0.39 is 11.6 Å².